The minimum Gasteiger partial charge on any atom is -0.349 e. The molecule has 7 heteroatoms. The van der Waals surface area contributed by atoms with E-state index in [1.807, 2.05) is 30.5 Å². The lowest BCUT2D eigenvalue weighted by molar-refractivity contribution is 0.0949. The number of hydrogen-bond acceptors (Lipinski definition) is 4. The molecule has 0 saturated heterocycles. The molecule has 0 unspecified atom stereocenters. The number of benzene rings is 1. The van der Waals surface area contributed by atoms with Gasteiger partial charge in [-0.2, -0.15) is 0 Å². The van der Waals surface area contributed by atoms with Gasteiger partial charge in [-0.1, -0.05) is 6.07 Å². The molecule has 4 rings (SSSR count). The third-order valence-corrected chi connectivity index (χ3v) is 4.72. The zero-order chi connectivity index (χ0) is 20.4. The predicted molar refractivity (Wildman–Crippen MR) is 110 cm³/mol. The molecule has 0 fully saturated rings. The fourth-order valence-corrected chi connectivity index (χ4v) is 3.24. The van der Waals surface area contributed by atoms with Crippen LogP contribution in [0.25, 0.3) is 28.0 Å². The van der Waals surface area contributed by atoms with Crippen molar-refractivity contribution in [2.75, 3.05) is 13.1 Å². The number of nitrogens with zero attached hydrogens (tertiary/aromatic N) is 3. The van der Waals surface area contributed by atoms with Crippen LogP contribution >= 0.6 is 0 Å². The molecule has 146 valence electrons. The molecular formula is C22H20FN5O. The van der Waals surface area contributed by atoms with Crippen LogP contribution in [0.15, 0.2) is 61.1 Å². The van der Waals surface area contributed by atoms with Crippen LogP contribution in [0.4, 0.5) is 4.39 Å². The highest BCUT2D eigenvalue weighted by Crippen LogP contribution is 2.31. The highest BCUT2D eigenvalue weighted by atomic mass is 19.1. The molecule has 0 aliphatic heterocycles. The topological polar surface area (TPSA) is 85.3 Å². The number of imidazole rings is 1. The van der Waals surface area contributed by atoms with Gasteiger partial charge in [0.1, 0.15) is 17.2 Å². The summed E-state index contributed by atoms with van der Waals surface area (Å²) in [4.78, 5) is 21.2. The first-order chi connectivity index (χ1) is 14.1. The second-order valence-electron chi connectivity index (χ2n) is 6.70. The molecular weight excluding hydrogens is 369 g/mol. The third kappa shape index (κ3) is 3.60. The van der Waals surface area contributed by atoms with E-state index in [9.17, 15) is 9.18 Å². The summed E-state index contributed by atoms with van der Waals surface area (Å²) in [6.45, 7) is 2.48. The lowest BCUT2D eigenvalue weighted by atomic mass is 9.99. The van der Waals surface area contributed by atoms with Gasteiger partial charge in [-0.05, 0) is 48.9 Å². The Hall–Kier alpha value is -3.58. The van der Waals surface area contributed by atoms with Crippen LogP contribution in [0.2, 0.25) is 0 Å². The lowest BCUT2D eigenvalue weighted by Crippen LogP contribution is -2.29. The van der Waals surface area contributed by atoms with E-state index >= 15 is 0 Å². The molecule has 3 N–H and O–H groups in total. The molecule has 0 aliphatic rings. The summed E-state index contributed by atoms with van der Waals surface area (Å²) in [6, 6.07) is 12.5. The first-order valence-corrected chi connectivity index (χ1v) is 9.26. The number of nitrogens with two attached hydrogens (primary N) is 1. The zero-order valence-corrected chi connectivity index (χ0v) is 15.9. The standard InChI is InChI=1S/C22H20FN5O/c1-14-11-15(4-6-18(14)23)21-17(3-2-9-25-21)16-5-7-20-27-12-19(28(20)13-16)22(29)26-10-8-24/h2-7,9,11-13H,8,10,24H2,1H3,(H,26,29). The number of amides is 1. The van der Waals surface area contributed by atoms with Gasteiger partial charge < -0.3 is 11.1 Å². The van der Waals surface area contributed by atoms with Crippen molar-refractivity contribution in [3.63, 3.8) is 0 Å². The van der Waals surface area contributed by atoms with E-state index in [1.54, 1.807) is 35.9 Å². The number of carbonyl (C=O) groups excluding carboxylic acids is 1. The molecule has 6 nitrogen and oxygen atoms in total. The Balaban J connectivity index is 1.81. The number of nitrogens with one attached hydrogen (secondary N) is 1. The van der Waals surface area contributed by atoms with Crippen molar-refractivity contribution in [1.29, 1.82) is 0 Å². The quantitative estimate of drug-likeness (QED) is 0.549. The number of carbonyl (C=O) groups is 1. The molecule has 0 radical (unpaired) electrons. The molecule has 1 amide bonds. The van der Waals surface area contributed by atoms with E-state index in [4.69, 9.17) is 5.73 Å². The van der Waals surface area contributed by atoms with Crippen molar-refractivity contribution in [1.82, 2.24) is 19.7 Å². The summed E-state index contributed by atoms with van der Waals surface area (Å²) in [6.07, 6.45) is 5.11. The van der Waals surface area contributed by atoms with Gasteiger partial charge >= 0.3 is 0 Å². The van der Waals surface area contributed by atoms with Crippen LogP contribution in [0.1, 0.15) is 16.1 Å². The largest absolute Gasteiger partial charge is 0.349 e. The molecule has 4 aromatic rings. The number of rotatable bonds is 5. The van der Waals surface area contributed by atoms with E-state index in [2.05, 4.69) is 15.3 Å². The van der Waals surface area contributed by atoms with Gasteiger partial charge in [0.05, 0.1) is 11.9 Å². The maximum absolute atomic E-state index is 13.7. The molecule has 0 bridgehead atoms. The van der Waals surface area contributed by atoms with Crippen LogP contribution in [0.5, 0.6) is 0 Å². The smallest absolute Gasteiger partial charge is 0.269 e. The monoisotopic (exact) mass is 389 g/mol. The van der Waals surface area contributed by atoms with Gasteiger partial charge in [-0.3, -0.25) is 14.2 Å². The number of hydrogen-bond donors (Lipinski definition) is 2. The fourth-order valence-electron chi connectivity index (χ4n) is 3.24. The second kappa shape index (κ2) is 7.81. The summed E-state index contributed by atoms with van der Waals surface area (Å²) < 4.78 is 15.5. The number of aryl methyl sites for hydroxylation is 1. The van der Waals surface area contributed by atoms with Gasteiger partial charge in [-0.15, -0.1) is 0 Å². The highest BCUT2D eigenvalue weighted by Gasteiger charge is 2.14. The van der Waals surface area contributed by atoms with Crippen molar-refractivity contribution in [2.45, 2.75) is 6.92 Å². The summed E-state index contributed by atoms with van der Waals surface area (Å²) in [5.41, 5.74) is 10.4. The molecule has 3 heterocycles. The summed E-state index contributed by atoms with van der Waals surface area (Å²) in [5, 5.41) is 2.76. The van der Waals surface area contributed by atoms with E-state index in [-0.39, 0.29) is 11.7 Å². The third-order valence-electron chi connectivity index (χ3n) is 4.72. The summed E-state index contributed by atoms with van der Waals surface area (Å²) in [5.74, 6) is -0.486. The van der Waals surface area contributed by atoms with Crippen LogP contribution in [-0.4, -0.2) is 33.4 Å². The van der Waals surface area contributed by atoms with Crippen LogP contribution < -0.4 is 11.1 Å². The Morgan fingerprint density at radius 2 is 2.00 bits per heavy atom. The Labute approximate surface area is 167 Å². The SMILES string of the molecule is Cc1cc(-c2ncccc2-c2ccc3ncc(C(=O)NCCN)n3c2)ccc1F. The van der Waals surface area contributed by atoms with Crippen LogP contribution in [0.3, 0.4) is 0 Å². The maximum atomic E-state index is 13.7. The number of aromatic nitrogens is 3. The molecule has 0 saturated carbocycles. The fraction of sp³-hybridized carbons (Fsp3) is 0.136. The van der Waals surface area contributed by atoms with Crippen molar-refractivity contribution in [2.24, 2.45) is 5.73 Å². The van der Waals surface area contributed by atoms with E-state index in [1.165, 1.54) is 6.07 Å². The Morgan fingerprint density at radius 3 is 2.79 bits per heavy atom. The minimum absolute atomic E-state index is 0.235. The second-order valence-corrected chi connectivity index (χ2v) is 6.70. The normalized spacial score (nSPS) is 11.0. The van der Waals surface area contributed by atoms with Gasteiger partial charge in [-0.25, -0.2) is 9.37 Å². The van der Waals surface area contributed by atoms with E-state index in [0.29, 0.717) is 30.0 Å². The molecule has 0 aliphatic carbocycles. The highest BCUT2D eigenvalue weighted by molar-refractivity contribution is 5.93. The predicted octanol–water partition coefficient (Wildman–Crippen LogP) is 3.20. The number of fused-ring (bicyclic) bond motifs is 1. The lowest BCUT2D eigenvalue weighted by Gasteiger charge is -2.11. The molecule has 0 spiro atoms. The van der Waals surface area contributed by atoms with Crippen molar-refractivity contribution < 1.29 is 9.18 Å². The first kappa shape index (κ1) is 18.8. The average molecular weight is 389 g/mol. The van der Waals surface area contributed by atoms with Crippen molar-refractivity contribution >= 4 is 11.6 Å². The average Bonchev–Trinajstić information content (AvgIpc) is 3.17. The Morgan fingerprint density at radius 1 is 1.17 bits per heavy atom. The Kier molecular flexibility index (Phi) is 5.05. The number of pyridine rings is 2. The molecule has 29 heavy (non-hydrogen) atoms. The molecule has 0 atom stereocenters. The first-order valence-electron chi connectivity index (χ1n) is 9.26. The maximum Gasteiger partial charge on any atom is 0.269 e. The van der Waals surface area contributed by atoms with Gasteiger partial charge in [0.15, 0.2) is 0 Å². The van der Waals surface area contributed by atoms with Crippen molar-refractivity contribution in [3.05, 3.63) is 78.1 Å². The minimum atomic E-state index is -0.251. The van der Waals surface area contributed by atoms with Crippen LogP contribution in [0, 0.1) is 12.7 Å². The van der Waals surface area contributed by atoms with E-state index in [0.717, 1.165) is 22.4 Å². The summed E-state index contributed by atoms with van der Waals surface area (Å²) >= 11 is 0. The zero-order valence-electron chi connectivity index (χ0n) is 15.9. The summed E-state index contributed by atoms with van der Waals surface area (Å²) in [7, 11) is 0. The number of halogens is 1. The van der Waals surface area contributed by atoms with Crippen LogP contribution in [-0.2, 0) is 0 Å². The van der Waals surface area contributed by atoms with Gasteiger partial charge in [0.25, 0.3) is 5.91 Å². The van der Waals surface area contributed by atoms with Gasteiger partial charge in [0.2, 0.25) is 0 Å². The Bertz CT molecular complexity index is 1200. The molecule has 1 aromatic carbocycles. The van der Waals surface area contributed by atoms with E-state index < -0.39 is 0 Å². The van der Waals surface area contributed by atoms with Crippen molar-refractivity contribution in [3.8, 4) is 22.4 Å². The molecule has 3 aromatic heterocycles. The van der Waals surface area contributed by atoms with Gasteiger partial charge in [0, 0.05) is 42.2 Å².